The van der Waals surface area contributed by atoms with E-state index in [4.69, 9.17) is 9.47 Å². The fourth-order valence-corrected chi connectivity index (χ4v) is 2.52. The van der Waals surface area contributed by atoms with Crippen LogP contribution in [0.15, 0.2) is 12.1 Å². The van der Waals surface area contributed by atoms with Crippen molar-refractivity contribution in [1.29, 1.82) is 0 Å². The van der Waals surface area contributed by atoms with Crippen molar-refractivity contribution in [2.45, 2.75) is 12.8 Å². The molecular weight excluding hydrogens is 236 g/mol. The van der Waals surface area contributed by atoms with Crippen LogP contribution in [0.2, 0.25) is 0 Å². The van der Waals surface area contributed by atoms with Crippen LogP contribution in [0.5, 0.6) is 11.5 Å². The van der Waals surface area contributed by atoms with Crippen molar-refractivity contribution in [3.05, 3.63) is 27.8 Å². The van der Waals surface area contributed by atoms with E-state index in [0.717, 1.165) is 31.5 Å². The number of nitrogens with zero attached hydrogens (tertiary/aromatic N) is 1. The van der Waals surface area contributed by atoms with Gasteiger partial charge >= 0.3 is 5.69 Å². The van der Waals surface area contributed by atoms with Crippen molar-refractivity contribution in [2.75, 3.05) is 19.9 Å². The molecule has 0 aromatic heterocycles. The first-order valence-electron chi connectivity index (χ1n) is 6.01. The fourth-order valence-electron chi connectivity index (χ4n) is 2.52. The maximum absolute atomic E-state index is 11.0. The highest BCUT2D eigenvalue weighted by atomic mass is 16.7. The van der Waals surface area contributed by atoms with E-state index in [1.807, 2.05) is 6.07 Å². The van der Waals surface area contributed by atoms with Crippen molar-refractivity contribution in [3.8, 4) is 11.5 Å². The summed E-state index contributed by atoms with van der Waals surface area (Å²) in [6.45, 7) is 2.06. The Morgan fingerprint density at radius 1 is 1.44 bits per heavy atom. The van der Waals surface area contributed by atoms with E-state index in [1.54, 1.807) is 6.07 Å². The molecule has 6 heteroatoms. The van der Waals surface area contributed by atoms with E-state index in [2.05, 4.69) is 5.32 Å². The summed E-state index contributed by atoms with van der Waals surface area (Å²) in [6, 6.07) is 3.46. The Balaban J connectivity index is 1.90. The van der Waals surface area contributed by atoms with Crippen LogP contribution in [0.4, 0.5) is 5.69 Å². The lowest BCUT2D eigenvalue weighted by atomic mass is 9.98. The molecular formula is C12H14N2O4. The van der Waals surface area contributed by atoms with Gasteiger partial charge in [0.1, 0.15) is 0 Å². The minimum Gasteiger partial charge on any atom is -0.453 e. The van der Waals surface area contributed by atoms with Gasteiger partial charge in [0.2, 0.25) is 12.5 Å². The number of benzene rings is 1. The summed E-state index contributed by atoms with van der Waals surface area (Å²) in [5.74, 6) is 1.29. The zero-order valence-corrected chi connectivity index (χ0v) is 9.85. The van der Waals surface area contributed by atoms with E-state index < -0.39 is 4.92 Å². The van der Waals surface area contributed by atoms with Gasteiger partial charge in [0.25, 0.3) is 0 Å². The molecule has 0 amide bonds. The summed E-state index contributed by atoms with van der Waals surface area (Å²) >= 11 is 0. The van der Waals surface area contributed by atoms with E-state index in [0.29, 0.717) is 11.7 Å². The molecule has 0 saturated carbocycles. The van der Waals surface area contributed by atoms with Crippen LogP contribution in [0.25, 0.3) is 0 Å². The van der Waals surface area contributed by atoms with Gasteiger partial charge < -0.3 is 14.8 Å². The van der Waals surface area contributed by atoms with Gasteiger partial charge in [-0.15, -0.1) is 0 Å². The van der Waals surface area contributed by atoms with E-state index in [1.165, 1.54) is 0 Å². The fraction of sp³-hybridized carbons (Fsp3) is 0.500. The highest BCUT2D eigenvalue weighted by Gasteiger charge is 2.27. The third kappa shape index (κ3) is 1.99. The van der Waals surface area contributed by atoms with Gasteiger partial charge in [-0.3, -0.25) is 10.1 Å². The molecule has 0 aliphatic carbocycles. The van der Waals surface area contributed by atoms with Gasteiger partial charge in [0.05, 0.1) is 4.92 Å². The number of rotatable bonds is 3. The Bertz CT molecular complexity index is 483. The van der Waals surface area contributed by atoms with Crippen molar-refractivity contribution < 1.29 is 14.4 Å². The largest absolute Gasteiger partial charge is 0.453 e. The third-order valence-corrected chi connectivity index (χ3v) is 3.40. The molecule has 1 aromatic carbocycles. The van der Waals surface area contributed by atoms with E-state index in [9.17, 15) is 10.1 Å². The SMILES string of the molecule is O=[N+]([O-])c1cc(CC2CCNC2)cc2c1OCO2. The zero-order chi connectivity index (χ0) is 12.5. The topological polar surface area (TPSA) is 73.6 Å². The quantitative estimate of drug-likeness (QED) is 0.649. The van der Waals surface area contributed by atoms with Crippen LogP contribution in [-0.2, 0) is 6.42 Å². The Morgan fingerprint density at radius 3 is 3.06 bits per heavy atom. The van der Waals surface area contributed by atoms with Gasteiger partial charge in [-0.05, 0) is 43.5 Å². The monoisotopic (exact) mass is 250 g/mol. The van der Waals surface area contributed by atoms with Crippen molar-refractivity contribution in [2.24, 2.45) is 5.92 Å². The molecule has 1 saturated heterocycles. The number of nitrogens with one attached hydrogen (secondary N) is 1. The molecule has 18 heavy (non-hydrogen) atoms. The average molecular weight is 250 g/mol. The molecule has 2 aliphatic heterocycles. The highest BCUT2D eigenvalue weighted by Crippen LogP contribution is 2.42. The molecule has 2 aliphatic rings. The molecule has 0 bridgehead atoms. The Labute approximate surface area is 104 Å². The summed E-state index contributed by atoms with van der Waals surface area (Å²) in [4.78, 5) is 10.6. The zero-order valence-electron chi connectivity index (χ0n) is 9.85. The summed E-state index contributed by atoms with van der Waals surface area (Å²) in [5.41, 5.74) is 0.950. The average Bonchev–Trinajstić information content (AvgIpc) is 2.98. The van der Waals surface area contributed by atoms with E-state index >= 15 is 0 Å². The molecule has 0 spiro atoms. The minimum atomic E-state index is -0.413. The predicted octanol–water partition coefficient (Wildman–Crippen LogP) is 1.48. The molecule has 1 N–H and O–H groups in total. The Morgan fingerprint density at radius 2 is 2.33 bits per heavy atom. The van der Waals surface area contributed by atoms with Crippen molar-refractivity contribution >= 4 is 5.69 Å². The van der Waals surface area contributed by atoms with Crippen LogP contribution >= 0.6 is 0 Å². The molecule has 1 aromatic rings. The van der Waals surface area contributed by atoms with Crippen molar-refractivity contribution in [1.82, 2.24) is 5.32 Å². The first-order valence-corrected chi connectivity index (χ1v) is 6.01. The normalized spacial score (nSPS) is 21.2. The number of hydrogen-bond acceptors (Lipinski definition) is 5. The second-order valence-corrected chi connectivity index (χ2v) is 4.67. The number of hydrogen-bond donors (Lipinski definition) is 1. The van der Waals surface area contributed by atoms with Gasteiger partial charge in [-0.2, -0.15) is 0 Å². The third-order valence-electron chi connectivity index (χ3n) is 3.40. The van der Waals surface area contributed by atoms with Gasteiger partial charge in [-0.1, -0.05) is 0 Å². The highest BCUT2D eigenvalue weighted by molar-refractivity contribution is 5.59. The summed E-state index contributed by atoms with van der Waals surface area (Å²) in [6.07, 6.45) is 1.95. The standard InChI is InChI=1S/C12H14N2O4/c15-14(16)10-4-9(3-8-1-2-13-6-8)5-11-12(10)18-7-17-11/h4-5,8,13H,1-3,6-7H2. The molecule has 1 unspecified atom stereocenters. The smallest absolute Gasteiger partial charge is 0.315 e. The molecule has 1 atom stereocenters. The van der Waals surface area contributed by atoms with Gasteiger partial charge in [0, 0.05) is 6.07 Å². The number of fused-ring (bicyclic) bond motifs is 1. The lowest BCUT2D eigenvalue weighted by Crippen LogP contribution is -2.10. The number of nitro groups is 1. The Hall–Kier alpha value is -1.82. The first kappa shape index (κ1) is 11.3. The summed E-state index contributed by atoms with van der Waals surface area (Å²) in [7, 11) is 0. The first-order chi connectivity index (χ1) is 8.74. The molecule has 0 radical (unpaired) electrons. The minimum absolute atomic E-state index is 0.00551. The molecule has 1 fully saturated rings. The Kier molecular flexibility index (Phi) is 2.79. The summed E-state index contributed by atoms with van der Waals surface area (Å²) in [5, 5.41) is 14.3. The van der Waals surface area contributed by atoms with Gasteiger partial charge in [-0.25, -0.2) is 0 Å². The van der Waals surface area contributed by atoms with Crippen LogP contribution < -0.4 is 14.8 Å². The molecule has 6 nitrogen and oxygen atoms in total. The predicted molar refractivity (Wildman–Crippen MR) is 63.9 cm³/mol. The van der Waals surface area contributed by atoms with Crippen molar-refractivity contribution in [3.63, 3.8) is 0 Å². The van der Waals surface area contributed by atoms with Crippen LogP contribution in [-0.4, -0.2) is 24.8 Å². The van der Waals surface area contributed by atoms with Crippen LogP contribution in [0.3, 0.4) is 0 Å². The van der Waals surface area contributed by atoms with E-state index in [-0.39, 0.29) is 18.2 Å². The molecule has 96 valence electrons. The lowest BCUT2D eigenvalue weighted by Gasteiger charge is -2.09. The molecule has 3 rings (SSSR count). The summed E-state index contributed by atoms with van der Waals surface area (Å²) < 4.78 is 10.4. The van der Waals surface area contributed by atoms with Crippen LogP contribution in [0, 0.1) is 16.0 Å². The maximum atomic E-state index is 11.0. The maximum Gasteiger partial charge on any atom is 0.315 e. The number of ether oxygens (including phenoxy) is 2. The van der Waals surface area contributed by atoms with Gasteiger partial charge in [0.15, 0.2) is 5.75 Å². The second kappa shape index (κ2) is 4.45. The second-order valence-electron chi connectivity index (χ2n) is 4.67. The lowest BCUT2D eigenvalue weighted by molar-refractivity contribution is -0.385. The number of nitro benzene ring substituents is 1. The molecule has 2 heterocycles. The van der Waals surface area contributed by atoms with Crippen LogP contribution in [0.1, 0.15) is 12.0 Å².